The maximum Gasteiger partial charge on any atom is 0.253 e. The molecular formula is C19H19BrN4O3. The van der Waals surface area contributed by atoms with Crippen molar-refractivity contribution in [2.45, 2.75) is 6.54 Å². The molecule has 0 aliphatic heterocycles. The third-order valence-electron chi connectivity index (χ3n) is 3.99. The standard InChI is InChI=1S/C19H19BrN4O3/c1-12(20)8-22-19(25)15-6-14-10-23-24(18(14)21-9-15)11-13-4-5-16(26-2)7-17(13)27-3/h4-7,9-10H,1,8,11H2,2-3H3,(H,22,25). The molecular weight excluding hydrogens is 412 g/mol. The minimum Gasteiger partial charge on any atom is -0.497 e. The fraction of sp³-hybridized carbons (Fsp3) is 0.211. The zero-order valence-electron chi connectivity index (χ0n) is 15.0. The lowest BCUT2D eigenvalue weighted by Gasteiger charge is -2.11. The van der Waals surface area contributed by atoms with E-state index in [0.29, 0.717) is 34.5 Å². The van der Waals surface area contributed by atoms with E-state index in [1.54, 1.807) is 31.2 Å². The number of ether oxygens (including phenoxy) is 2. The van der Waals surface area contributed by atoms with Gasteiger partial charge in [-0.3, -0.25) is 4.79 Å². The van der Waals surface area contributed by atoms with E-state index in [-0.39, 0.29) is 5.91 Å². The fourth-order valence-electron chi connectivity index (χ4n) is 2.63. The molecule has 1 amide bonds. The first-order chi connectivity index (χ1) is 13.0. The molecule has 140 valence electrons. The molecule has 2 aromatic heterocycles. The van der Waals surface area contributed by atoms with Gasteiger partial charge in [0, 0.05) is 34.2 Å². The van der Waals surface area contributed by atoms with Crippen LogP contribution in [0.1, 0.15) is 15.9 Å². The average Bonchev–Trinajstić information content (AvgIpc) is 3.08. The number of carbonyl (C=O) groups is 1. The van der Waals surface area contributed by atoms with Gasteiger partial charge in [0.25, 0.3) is 5.91 Å². The van der Waals surface area contributed by atoms with Crippen molar-refractivity contribution in [1.29, 1.82) is 0 Å². The average molecular weight is 431 g/mol. The summed E-state index contributed by atoms with van der Waals surface area (Å²) in [5, 5.41) is 7.94. The van der Waals surface area contributed by atoms with Crippen molar-refractivity contribution in [2.75, 3.05) is 20.8 Å². The van der Waals surface area contributed by atoms with Gasteiger partial charge in [-0.25, -0.2) is 9.67 Å². The zero-order chi connectivity index (χ0) is 19.4. The molecule has 0 fully saturated rings. The highest BCUT2D eigenvalue weighted by Crippen LogP contribution is 2.26. The first-order valence-electron chi connectivity index (χ1n) is 8.15. The molecule has 8 heteroatoms. The molecule has 27 heavy (non-hydrogen) atoms. The van der Waals surface area contributed by atoms with Crippen LogP contribution in [0.15, 0.2) is 47.7 Å². The molecule has 0 atom stereocenters. The number of halogens is 1. The van der Waals surface area contributed by atoms with Crippen molar-refractivity contribution >= 4 is 32.9 Å². The third kappa shape index (κ3) is 4.28. The number of nitrogens with one attached hydrogen (secondary N) is 1. The molecule has 0 aliphatic carbocycles. The molecule has 3 rings (SSSR count). The molecule has 0 radical (unpaired) electrons. The molecule has 0 saturated carbocycles. The second-order valence-electron chi connectivity index (χ2n) is 5.82. The monoisotopic (exact) mass is 430 g/mol. The summed E-state index contributed by atoms with van der Waals surface area (Å²) in [6.07, 6.45) is 3.23. The fourth-order valence-corrected chi connectivity index (χ4v) is 2.77. The molecule has 3 aromatic rings. The summed E-state index contributed by atoms with van der Waals surface area (Å²) in [5.74, 6) is 1.22. The van der Waals surface area contributed by atoms with Crippen molar-refractivity contribution in [3.05, 3.63) is 58.8 Å². The Kier molecular flexibility index (Phi) is 5.75. The van der Waals surface area contributed by atoms with Crippen LogP contribution in [0.2, 0.25) is 0 Å². The van der Waals surface area contributed by atoms with Crippen molar-refractivity contribution in [3.63, 3.8) is 0 Å². The van der Waals surface area contributed by atoms with Gasteiger partial charge in [0.2, 0.25) is 0 Å². The van der Waals surface area contributed by atoms with Crippen LogP contribution < -0.4 is 14.8 Å². The Balaban J connectivity index is 1.85. The number of nitrogens with zero attached hydrogens (tertiary/aromatic N) is 3. The zero-order valence-corrected chi connectivity index (χ0v) is 16.6. The predicted octanol–water partition coefficient (Wildman–Crippen LogP) is 3.14. The minimum absolute atomic E-state index is 0.213. The molecule has 1 aromatic carbocycles. The summed E-state index contributed by atoms with van der Waals surface area (Å²) in [6, 6.07) is 7.40. The van der Waals surface area contributed by atoms with Gasteiger partial charge in [-0.05, 0) is 18.2 Å². The number of amides is 1. The van der Waals surface area contributed by atoms with E-state index >= 15 is 0 Å². The Labute approximate surface area is 165 Å². The molecule has 2 heterocycles. The highest BCUT2D eigenvalue weighted by molar-refractivity contribution is 9.11. The van der Waals surface area contributed by atoms with Gasteiger partial charge in [0.1, 0.15) is 11.5 Å². The number of methoxy groups -OCH3 is 2. The van der Waals surface area contributed by atoms with Crippen LogP contribution in [0.3, 0.4) is 0 Å². The Bertz CT molecular complexity index is 1000. The van der Waals surface area contributed by atoms with Gasteiger partial charge in [-0.2, -0.15) is 5.10 Å². The number of hydrogen-bond acceptors (Lipinski definition) is 5. The van der Waals surface area contributed by atoms with E-state index in [2.05, 4.69) is 37.9 Å². The van der Waals surface area contributed by atoms with Gasteiger partial charge in [-0.15, -0.1) is 0 Å². The first kappa shape index (κ1) is 18.9. The number of carbonyl (C=O) groups excluding carboxylic acids is 1. The van der Waals surface area contributed by atoms with Crippen molar-refractivity contribution in [2.24, 2.45) is 0 Å². The number of hydrogen-bond donors (Lipinski definition) is 1. The van der Waals surface area contributed by atoms with Crippen molar-refractivity contribution in [3.8, 4) is 11.5 Å². The molecule has 0 aliphatic rings. The van der Waals surface area contributed by atoms with Gasteiger partial charge in [0.05, 0.1) is 32.5 Å². The normalized spacial score (nSPS) is 10.6. The Morgan fingerprint density at radius 2 is 2.07 bits per heavy atom. The number of pyridine rings is 1. The van der Waals surface area contributed by atoms with Gasteiger partial charge in [0.15, 0.2) is 5.65 Å². The van der Waals surface area contributed by atoms with E-state index in [9.17, 15) is 4.79 Å². The number of rotatable bonds is 7. The van der Waals surface area contributed by atoms with Crippen LogP contribution in [0.5, 0.6) is 11.5 Å². The lowest BCUT2D eigenvalue weighted by Crippen LogP contribution is -2.24. The van der Waals surface area contributed by atoms with Crippen molar-refractivity contribution < 1.29 is 14.3 Å². The van der Waals surface area contributed by atoms with Gasteiger partial charge >= 0.3 is 0 Å². The maximum atomic E-state index is 12.2. The van der Waals surface area contributed by atoms with E-state index < -0.39 is 0 Å². The topological polar surface area (TPSA) is 78.3 Å². The minimum atomic E-state index is -0.213. The first-order valence-corrected chi connectivity index (χ1v) is 8.95. The highest BCUT2D eigenvalue weighted by Gasteiger charge is 2.12. The SMILES string of the molecule is C=C(Br)CNC(=O)c1cnc2c(cnn2Cc2ccc(OC)cc2OC)c1. The Morgan fingerprint density at radius 1 is 1.26 bits per heavy atom. The van der Waals surface area contributed by atoms with E-state index in [1.165, 1.54) is 6.20 Å². The molecule has 0 unspecified atom stereocenters. The van der Waals surface area contributed by atoms with E-state index in [4.69, 9.17) is 9.47 Å². The quantitative estimate of drug-likeness (QED) is 0.622. The summed E-state index contributed by atoms with van der Waals surface area (Å²) in [6.45, 7) is 4.53. The van der Waals surface area contributed by atoms with Gasteiger partial charge < -0.3 is 14.8 Å². The summed E-state index contributed by atoms with van der Waals surface area (Å²) in [7, 11) is 3.23. The summed E-state index contributed by atoms with van der Waals surface area (Å²) >= 11 is 3.21. The molecule has 1 N–H and O–H groups in total. The second-order valence-corrected chi connectivity index (χ2v) is 6.94. The lowest BCUT2D eigenvalue weighted by atomic mass is 10.2. The molecule has 0 bridgehead atoms. The maximum absolute atomic E-state index is 12.2. The summed E-state index contributed by atoms with van der Waals surface area (Å²) in [5.41, 5.74) is 2.11. The summed E-state index contributed by atoms with van der Waals surface area (Å²) in [4.78, 5) is 16.6. The summed E-state index contributed by atoms with van der Waals surface area (Å²) < 4.78 is 13.1. The molecule has 7 nitrogen and oxygen atoms in total. The van der Waals surface area contributed by atoms with Crippen LogP contribution in [0.25, 0.3) is 11.0 Å². The Morgan fingerprint density at radius 3 is 2.78 bits per heavy atom. The number of aromatic nitrogens is 3. The smallest absolute Gasteiger partial charge is 0.253 e. The van der Waals surface area contributed by atoms with E-state index in [1.807, 2.05) is 18.2 Å². The lowest BCUT2D eigenvalue weighted by molar-refractivity contribution is 0.0957. The second kappa shape index (κ2) is 8.22. The number of fused-ring (bicyclic) bond motifs is 1. The highest BCUT2D eigenvalue weighted by atomic mass is 79.9. The number of benzene rings is 1. The third-order valence-corrected chi connectivity index (χ3v) is 4.27. The van der Waals surface area contributed by atoms with Crippen LogP contribution in [0.4, 0.5) is 0 Å². The van der Waals surface area contributed by atoms with Crippen LogP contribution >= 0.6 is 15.9 Å². The predicted molar refractivity (Wildman–Crippen MR) is 107 cm³/mol. The van der Waals surface area contributed by atoms with Crippen LogP contribution in [-0.2, 0) is 6.54 Å². The largest absolute Gasteiger partial charge is 0.497 e. The van der Waals surface area contributed by atoms with Gasteiger partial charge in [-0.1, -0.05) is 22.5 Å². The van der Waals surface area contributed by atoms with Crippen molar-refractivity contribution in [1.82, 2.24) is 20.1 Å². The van der Waals surface area contributed by atoms with Crippen LogP contribution in [0, 0.1) is 0 Å². The molecule has 0 spiro atoms. The Hall–Kier alpha value is -2.87. The van der Waals surface area contributed by atoms with Crippen LogP contribution in [-0.4, -0.2) is 41.4 Å². The van der Waals surface area contributed by atoms with E-state index in [0.717, 1.165) is 16.7 Å². The molecule has 0 saturated heterocycles.